The molecule has 0 atom stereocenters. The van der Waals surface area contributed by atoms with Crippen molar-refractivity contribution in [3.05, 3.63) is 18.2 Å². The minimum absolute atomic E-state index is 0.143. The summed E-state index contributed by atoms with van der Waals surface area (Å²) in [6.07, 6.45) is -4.93. The van der Waals surface area contributed by atoms with Crippen molar-refractivity contribution in [3.8, 4) is 11.5 Å². The van der Waals surface area contributed by atoms with Crippen molar-refractivity contribution in [1.29, 1.82) is 0 Å². The normalized spacial score (nSPS) is 10.8. The number of hydrogen-bond donors (Lipinski definition) is 1. The van der Waals surface area contributed by atoms with E-state index in [9.17, 15) is 22.8 Å². The van der Waals surface area contributed by atoms with Crippen LogP contribution in [0.4, 0.5) is 18.9 Å². The SMILES string of the molecule is CN(C)c1cccc(OCCNC(=O)C(F)(F)F)c1OC=O. The van der Waals surface area contributed by atoms with E-state index in [2.05, 4.69) is 0 Å². The number of carbonyl (C=O) groups excluding carboxylic acids is 2. The van der Waals surface area contributed by atoms with Gasteiger partial charge >= 0.3 is 12.1 Å². The van der Waals surface area contributed by atoms with Crippen LogP contribution >= 0.6 is 0 Å². The molecule has 22 heavy (non-hydrogen) atoms. The van der Waals surface area contributed by atoms with Gasteiger partial charge in [-0.15, -0.1) is 0 Å². The molecule has 0 heterocycles. The first-order chi connectivity index (χ1) is 10.3. The Hall–Kier alpha value is -2.45. The highest BCUT2D eigenvalue weighted by Crippen LogP contribution is 2.36. The molecule has 122 valence electrons. The van der Waals surface area contributed by atoms with Crippen LogP contribution in [0.25, 0.3) is 0 Å². The summed E-state index contributed by atoms with van der Waals surface area (Å²) >= 11 is 0. The number of rotatable bonds is 7. The van der Waals surface area contributed by atoms with E-state index in [0.717, 1.165) is 0 Å². The lowest BCUT2D eigenvalue weighted by Gasteiger charge is -2.18. The zero-order valence-electron chi connectivity index (χ0n) is 11.9. The quantitative estimate of drug-likeness (QED) is 0.607. The summed E-state index contributed by atoms with van der Waals surface area (Å²) in [5, 5.41) is 1.67. The highest BCUT2D eigenvalue weighted by Gasteiger charge is 2.38. The number of amides is 1. The van der Waals surface area contributed by atoms with Crippen molar-refractivity contribution in [1.82, 2.24) is 5.32 Å². The second kappa shape index (κ2) is 7.53. The van der Waals surface area contributed by atoms with Crippen molar-refractivity contribution < 1.29 is 32.2 Å². The molecule has 0 saturated heterocycles. The molecule has 6 nitrogen and oxygen atoms in total. The molecule has 0 aliphatic carbocycles. The summed E-state index contributed by atoms with van der Waals surface area (Å²) in [5.41, 5.74) is 0.559. The zero-order chi connectivity index (χ0) is 16.8. The standard InChI is InChI=1S/C13H15F3N2O4/c1-18(2)9-4-3-5-10(11(9)22-8-19)21-7-6-17-12(20)13(14,15)16/h3-5,8H,6-7H2,1-2H3,(H,17,20). The first-order valence-corrected chi connectivity index (χ1v) is 6.16. The van der Waals surface area contributed by atoms with Crippen LogP contribution in [-0.2, 0) is 9.59 Å². The number of para-hydroxylation sites is 1. The summed E-state index contributed by atoms with van der Waals surface area (Å²) in [6.45, 7) is -0.334. The Labute approximate surface area is 124 Å². The van der Waals surface area contributed by atoms with Gasteiger partial charge in [0.1, 0.15) is 6.61 Å². The lowest BCUT2D eigenvalue weighted by atomic mass is 10.2. The molecule has 0 aliphatic rings. The molecule has 1 aromatic rings. The summed E-state index contributed by atoms with van der Waals surface area (Å²) < 4.78 is 46.1. The van der Waals surface area contributed by atoms with E-state index in [4.69, 9.17) is 9.47 Å². The molecular weight excluding hydrogens is 305 g/mol. The smallest absolute Gasteiger partial charge is 0.471 e. The third-order valence-electron chi connectivity index (χ3n) is 2.51. The average Bonchev–Trinajstić information content (AvgIpc) is 2.43. The minimum atomic E-state index is -4.93. The molecule has 0 fully saturated rings. The molecule has 1 aromatic carbocycles. The number of ether oxygens (including phenoxy) is 2. The van der Waals surface area contributed by atoms with Gasteiger partial charge in [-0.05, 0) is 12.1 Å². The third kappa shape index (κ3) is 4.83. The molecule has 1 amide bonds. The molecule has 0 aliphatic heterocycles. The highest BCUT2D eigenvalue weighted by atomic mass is 19.4. The molecule has 0 radical (unpaired) electrons. The number of nitrogens with one attached hydrogen (secondary N) is 1. The molecular formula is C13H15F3N2O4. The first-order valence-electron chi connectivity index (χ1n) is 6.16. The van der Waals surface area contributed by atoms with Gasteiger partial charge in [0.05, 0.1) is 12.2 Å². The van der Waals surface area contributed by atoms with Gasteiger partial charge in [0.15, 0.2) is 11.5 Å². The van der Waals surface area contributed by atoms with Crippen LogP contribution in [0.3, 0.4) is 0 Å². The number of alkyl halides is 3. The van der Waals surface area contributed by atoms with E-state index in [1.165, 1.54) is 6.07 Å². The van der Waals surface area contributed by atoms with Crippen LogP contribution in [0.1, 0.15) is 0 Å². The fourth-order valence-electron chi connectivity index (χ4n) is 1.56. The maximum atomic E-state index is 12.0. The van der Waals surface area contributed by atoms with Crippen LogP contribution in [-0.4, -0.2) is 45.8 Å². The van der Waals surface area contributed by atoms with Crippen LogP contribution in [0.15, 0.2) is 18.2 Å². The summed E-state index contributed by atoms with van der Waals surface area (Å²) in [7, 11) is 3.45. The Kier molecular flexibility index (Phi) is 6.02. The number of halogens is 3. The van der Waals surface area contributed by atoms with Gasteiger partial charge in [0.25, 0.3) is 6.47 Å². The fraction of sp³-hybridized carbons (Fsp3) is 0.385. The fourth-order valence-corrected chi connectivity index (χ4v) is 1.56. The van der Waals surface area contributed by atoms with Gasteiger partial charge in [0, 0.05) is 14.1 Å². The van der Waals surface area contributed by atoms with E-state index in [1.54, 1.807) is 36.4 Å². The summed E-state index contributed by atoms with van der Waals surface area (Å²) in [4.78, 5) is 22.8. The number of carbonyl (C=O) groups is 2. The van der Waals surface area contributed by atoms with Crippen molar-refractivity contribution >= 4 is 18.1 Å². The Morgan fingerprint density at radius 2 is 2.05 bits per heavy atom. The maximum Gasteiger partial charge on any atom is 0.471 e. The molecule has 1 N–H and O–H groups in total. The molecule has 0 saturated carbocycles. The van der Waals surface area contributed by atoms with Gasteiger partial charge < -0.3 is 19.7 Å². The van der Waals surface area contributed by atoms with Crippen molar-refractivity contribution in [2.45, 2.75) is 6.18 Å². The second-order valence-corrected chi connectivity index (χ2v) is 4.32. The highest BCUT2D eigenvalue weighted by molar-refractivity contribution is 5.81. The number of hydrogen-bond acceptors (Lipinski definition) is 5. The number of anilines is 1. The topological polar surface area (TPSA) is 67.9 Å². The van der Waals surface area contributed by atoms with Gasteiger partial charge in [-0.1, -0.05) is 6.07 Å². The largest absolute Gasteiger partial charge is 0.488 e. The predicted molar refractivity (Wildman–Crippen MR) is 72.0 cm³/mol. The van der Waals surface area contributed by atoms with Crippen molar-refractivity contribution in [2.24, 2.45) is 0 Å². The van der Waals surface area contributed by atoms with Gasteiger partial charge in [-0.3, -0.25) is 9.59 Å². The lowest BCUT2D eigenvalue weighted by molar-refractivity contribution is -0.173. The average molecular weight is 320 g/mol. The summed E-state index contributed by atoms with van der Waals surface area (Å²) in [6, 6.07) is 4.81. The van der Waals surface area contributed by atoms with E-state index in [-0.39, 0.29) is 31.1 Å². The van der Waals surface area contributed by atoms with E-state index >= 15 is 0 Å². The lowest BCUT2D eigenvalue weighted by Crippen LogP contribution is -2.38. The molecule has 0 bridgehead atoms. The van der Waals surface area contributed by atoms with Crippen LogP contribution in [0.2, 0.25) is 0 Å². The zero-order valence-corrected chi connectivity index (χ0v) is 11.9. The van der Waals surface area contributed by atoms with Gasteiger partial charge in [-0.2, -0.15) is 13.2 Å². The molecule has 0 aromatic heterocycles. The molecule has 0 spiro atoms. The van der Waals surface area contributed by atoms with E-state index in [0.29, 0.717) is 5.69 Å². The minimum Gasteiger partial charge on any atom is -0.488 e. The monoisotopic (exact) mass is 320 g/mol. The third-order valence-corrected chi connectivity index (χ3v) is 2.51. The summed E-state index contributed by atoms with van der Waals surface area (Å²) in [5.74, 6) is -1.72. The van der Waals surface area contributed by atoms with E-state index < -0.39 is 12.1 Å². The predicted octanol–water partition coefficient (Wildman–Crippen LogP) is 1.35. The Balaban J connectivity index is 2.68. The molecule has 9 heteroatoms. The Bertz CT molecular complexity index is 533. The van der Waals surface area contributed by atoms with Crippen molar-refractivity contribution in [3.63, 3.8) is 0 Å². The maximum absolute atomic E-state index is 12.0. The van der Waals surface area contributed by atoms with Crippen molar-refractivity contribution in [2.75, 3.05) is 32.1 Å². The van der Waals surface area contributed by atoms with Crippen LogP contribution in [0, 0.1) is 0 Å². The second-order valence-electron chi connectivity index (χ2n) is 4.32. The van der Waals surface area contributed by atoms with Crippen LogP contribution < -0.4 is 19.7 Å². The Morgan fingerprint density at radius 3 is 2.59 bits per heavy atom. The van der Waals surface area contributed by atoms with Gasteiger partial charge in [-0.25, -0.2) is 0 Å². The molecule has 0 unspecified atom stereocenters. The van der Waals surface area contributed by atoms with Gasteiger partial charge in [0.2, 0.25) is 0 Å². The van der Waals surface area contributed by atoms with E-state index in [1.807, 2.05) is 0 Å². The van der Waals surface area contributed by atoms with Crippen LogP contribution in [0.5, 0.6) is 11.5 Å². The first kappa shape index (κ1) is 17.6. The number of nitrogens with zero attached hydrogens (tertiary/aromatic N) is 1. The number of benzene rings is 1. The Morgan fingerprint density at radius 1 is 1.36 bits per heavy atom. The molecule has 1 rings (SSSR count).